The molecule has 0 unspecified atom stereocenters. The van der Waals surface area contributed by atoms with E-state index < -0.39 is 11.6 Å². The van der Waals surface area contributed by atoms with Crippen molar-refractivity contribution in [2.45, 2.75) is 6.54 Å². The highest BCUT2D eigenvalue weighted by Gasteiger charge is 2.09. The van der Waals surface area contributed by atoms with Gasteiger partial charge in [0.05, 0.1) is 18.3 Å². The van der Waals surface area contributed by atoms with Crippen LogP contribution in [0.15, 0.2) is 61.2 Å². The lowest BCUT2D eigenvalue weighted by atomic mass is 10.1. The highest BCUT2D eigenvalue weighted by atomic mass is 19.2. The van der Waals surface area contributed by atoms with E-state index in [0.29, 0.717) is 17.7 Å². The molecule has 0 N–H and O–H groups in total. The first kappa shape index (κ1) is 14.4. The van der Waals surface area contributed by atoms with Crippen LogP contribution in [0.5, 0.6) is 0 Å². The number of hydrogen-bond donors (Lipinski definition) is 0. The smallest absolute Gasteiger partial charge is 0.159 e. The number of hydrogen-bond acceptors (Lipinski definition) is 3. The lowest BCUT2D eigenvalue weighted by Crippen LogP contribution is -2.01. The average Bonchev–Trinajstić information content (AvgIpc) is 3.00. The van der Waals surface area contributed by atoms with Crippen molar-refractivity contribution in [3.05, 3.63) is 78.4 Å². The summed E-state index contributed by atoms with van der Waals surface area (Å²) in [6, 6.07) is 9.52. The molecule has 0 saturated heterocycles. The molecule has 0 spiro atoms. The molecule has 6 heteroatoms. The quantitative estimate of drug-likeness (QED) is 0.576. The number of nitrogens with zero attached hydrogens (tertiary/aromatic N) is 4. The van der Waals surface area contributed by atoms with E-state index in [1.807, 2.05) is 22.9 Å². The Morgan fingerprint density at radius 2 is 1.83 bits per heavy atom. The zero-order chi connectivity index (χ0) is 16.5. The molecule has 4 rings (SSSR count). The predicted octanol–water partition coefficient (Wildman–Crippen LogP) is 3.82. The van der Waals surface area contributed by atoms with Crippen LogP contribution in [-0.2, 0) is 6.54 Å². The molecule has 1 aromatic carbocycles. The van der Waals surface area contributed by atoms with Gasteiger partial charge in [-0.1, -0.05) is 12.1 Å². The number of pyridine rings is 2. The lowest BCUT2D eigenvalue weighted by Gasteiger charge is -2.06. The van der Waals surface area contributed by atoms with Gasteiger partial charge in [-0.15, -0.1) is 0 Å². The molecule has 0 amide bonds. The third-order valence-electron chi connectivity index (χ3n) is 3.80. The van der Waals surface area contributed by atoms with Crippen molar-refractivity contribution in [3.8, 4) is 11.1 Å². The Morgan fingerprint density at radius 3 is 2.62 bits per heavy atom. The second-order valence-corrected chi connectivity index (χ2v) is 5.42. The lowest BCUT2D eigenvalue weighted by molar-refractivity contribution is 0.509. The molecule has 0 aliphatic heterocycles. The van der Waals surface area contributed by atoms with E-state index in [4.69, 9.17) is 0 Å². The minimum absolute atomic E-state index is 0.556. The summed E-state index contributed by atoms with van der Waals surface area (Å²) in [6.07, 6.45) is 6.80. The topological polar surface area (TPSA) is 43.6 Å². The van der Waals surface area contributed by atoms with Gasteiger partial charge in [-0.05, 0) is 35.4 Å². The molecule has 0 radical (unpaired) electrons. The van der Waals surface area contributed by atoms with Crippen LogP contribution in [0, 0.1) is 11.6 Å². The Balaban J connectivity index is 1.76. The number of fused-ring (bicyclic) bond motifs is 1. The molecule has 0 aliphatic rings. The van der Waals surface area contributed by atoms with Gasteiger partial charge >= 0.3 is 0 Å². The maximum Gasteiger partial charge on any atom is 0.159 e. The van der Waals surface area contributed by atoms with Crippen molar-refractivity contribution in [2.24, 2.45) is 0 Å². The largest absolute Gasteiger partial charge is 0.264 e. The van der Waals surface area contributed by atoms with Crippen molar-refractivity contribution in [3.63, 3.8) is 0 Å². The zero-order valence-electron chi connectivity index (χ0n) is 12.5. The van der Waals surface area contributed by atoms with Crippen LogP contribution in [0.4, 0.5) is 8.78 Å². The van der Waals surface area contributed by atoms with Crippen LogP contribution in [0.25, 0.3) is 22.2 Å². The third kappa shape index (κ3) is 2.62. The Labute approximate surface area is 136 Å². The van der Waals surface area contributed by atoms with Crippen molar-refractivity contribution < 1.29 is 8.78 Å². The average molecular weight is 322 g/mol. The molecule has 0 aliphatic carbocycles. The van der Waals surface area contributed by atoms with Gasteiger partial charge in [0.2, 0.25) is 0 Å². The molecule has 4 aromatic rings. The van der Waals surface area contributed by atoms with Crippen LogP contribution >= 0.6 is 0 Å². The van der Waals surface area contributed by atoms with Crippen molar-refractivity contribution in [1.29, 1.82) is 0 Å². The number of rotatable bonds is 3. The van der Waals surface area contributed by atoms with Gasteiger partial charge < -0.3 is 0 Å². The first-order valence-electron chi connectivity index (χ1n) is 7.36. The van der Waals surface area contributed by atoms with Crippen LogP contribution < -0.4 is 0 Å². The van der Waals surface area contributed by atoms with Crippen LogP contribution in [0.3, 0.4) is 0 Å². The van der Waals surface area contributed by atoms with Gasteiger partial charge in [0.15, 0.2) is 11.6 Å². The first-order valence-corrected chi connectivity index (χ1v) is 7.36. The summed E-state index contributed by atoms with van der Waals surface area (Å²) in [5.74, 6) is -1.74. The molecule has 3 heterocycles. The normalized spacial score (nSPS) is 11.1. The maximum atomic E-state index is 13.5. The van der Waals surface area contributed by atoms with E-state index >= 15 is 0 Å². The number of benzene rings is 1. The van der Waals surface area contributed by atoms with E-state index in [2.05, 4.69) is 15.1 Å². The van der Waals surface area contributed by atoms with E-state index in [0.717, 1.165) is 22.7 Å². The van der Waals surface area contributed by atoms with E-state index in [1.165, 1.54) is 12.1 Å². The fraction of sp³-hybridized carbons (Fsp3) is 0.0556. The minimum atomic E-state index is -0.878. The van der Waals surface area contributed by atoms with Gasteiger partial charge in [0, 0.05) is 24.2 Å². The molecule has 4 nitrogen and oxygen atoms in total. The zero-order valence-corrected chi connectivity index (χ0v) is 12.5. The fourth-order valence-electron chi connectivity index (χ4n) is 2.58. The molecule has 0 atom stereocenters. The predicted molar refractivity (Wildman–Crippen MR) is 86.2 cm³/mol. The van der Waals surface area contributed by atoms with Crippen LogP contribution in [0.2, 0.25) is 0 Å². The summed E-state index contributed by atoms with van der Waals surface area (Å²) in [6.45, 7) is 0.556. The molecule has 0 fully saturated rings. The standard InChI is InChI=1S/C18H12F2N4/c19-15-4-3-13(6-16(15)20)14-7-18-17(22-9-14)10-23-24(18)11-12-2-1-5-21-8-12/h1-10H,11H2. The summed E-state index contributed by atoms with van der Waals surface area (Å²) >= 11 is 0. The molecular formula is C18H12F2N4. The molecule has 0 bridgehead atoms. The fourth-order valence-corrected chi connectivity index (χ4v) is 2.58. The van der Waals surface area contributed by atoms with Crippen molar-refractivity contribution in [1.82, 2.24) is 19.7 Å². The van der Waals surface area contributed by atoms with E-state index in [9.17, 15) is 8.78 Å². The molecule has 118 valence electrons. The summed E-state index contributed by atoms with van der Waals surface area (Å²) in [4.78, 5) is 8.45. The summed E-state index contributed by atoms with van der Waals surface area (Å²) in [5, 5.41) is 4.35. The Bertz CT molecular complexity index is 1010. The second kappa shape index (κ2) is 5.81. The van der Waals surface area contributed by atoms with Crippen molar-refractivity contribution in [2.75, 3.05) is 0 Å². The van der Waals surface area contributed by atoms with Crippen LogP contribution in [0.1, 0.15) is 5.56 Å². The highest BCUT2D eigenvalue weighted by molar-refractivity contribution is 5.80. The Kier molecular flexibility index (Phi) is 3.49. The first-order chi connectivity index (χ1) is 11.7. The Hall–Kier alpha value is -3.15. The molecule has 24 heavy (non-hydrogen) atoms. The van der Waals surface area contributed by atoms with E-state index in [1.54, 1.807) is 24.8 Å². The minimum Gasteiger partial charge on any atom is -0.264 e. The van der Waals surface area contributed by atoms with E-state index in [-0.39, 0.29) is 0 Å². The Morgan fingerprint density at radius 1 is 0.917 bits per heavy atom. The molecular weight excluding hydrogens is 310 g/mol. The summed E-state index contributed by atoms with van der Waals surface area (Å²) in [5.41, 5.74) is 3.85. The summed E-state index contributed by atoms with van der Waals surface area (Å²) in [7, 11) is 0. The SMILES string of the molecule is Fc1ccc(-c2cnc3cnn(Cc4cccnc4)c3c2)cc1F. The van der Waals surface area contributed by atoms with Gasteiger partial charge in [0.1, 0.15) is 5.52 Å². The monoisotopic (exact) mass is 322 g/mol. The molecule has 3 aromatic heterocycles. The van der Waals surface area contributed by atoms with Gasteiger partial charge in [-0.25, -0.2) is 8.78 Å². The highest BCUT2D eigenvalue weighted by Crippen LogP contribution is 2.24. The van der Waals surface area contributed by atoms with Gasteiger partial charge in [-0.3, -0.25) is 14.6 Å². The van der Waals surface area contributed by atoms with Gasteiger partial charge in [0.25, 0.3) is 0 Å². The third-order valence-corrected chi connectivity index (χ3v) is 3.80. The van der Waals surface area contributed by atoms with Gasteiger partial charge in [-0.2, -0.15) is 5.10 Å². The number of halogens is 2. The second-order valence-electron chi connectivity index (χ2n) is 5.42. The van der Waals surface area contributed by atoms with Crippen LogP contribution in [-0.4, -0.2) is 19.7 Å². The summed E-state index contributed by atoms with van der Waals surface area (Å²) < 4.78 is 28.4. The molecule has 0 saturated carbocycles. The number of aromatic nitrogens is 4. The van der Waals surface area contributed by atoms with Crippen molar-refractivity contribution >= 4 is 11.0 Å². The maximum absolute atomic E-state index is 13.5.